The van der Waals surface area contributed by atoms with Gasteiger partial charge in [-0.1, -0.05) is 0 Å². The van der Waals surface area contributed by atoms with Crippen molar-refractivity contribution in [2.24, 2.45) is 7.05 Å². The number of hydrogen-bond donors (Lipinski definition) is 2. The van der Waals surface area contributed by atoms with Gasteiger partial charge in [0.1, 0.15) is 12.2 Å². The first-order valence-corrected chi connectivity index (χ1v) is 5.70. The van der Waals surface area contributed by atoms with Crippen LogP contribution in [-0.4, -0.2) is 46.6 Å². The molecule has 1 saturated heterocycles. The van der Waals surface area contributed by atoms with Crippen molar-refractivity contribution in [1.29, 1.82) is 0 Å². The summed E-state index contributed by atoms with van der Waals surface area (Å²) in [5, 5.41) is 13.4. The molecule has 0 aliphatic carbocycles. The van der Waals surface area contributed by atoms with Crippen molar-refractivity contribution in [3.05, 3.63) is 12.2 Å². The molecule has 1 unspecified atom stereocenters. The molecule has 0 bridgehead atoms. The molecule has 0 aromatic carbocycles. The molecule has 1 aliphatic rings. The van der Waals surface area contributed by atoms with Gasteiger partial charge in [-0.3, -0.25) is 0 Å². The van der Waals surface area contributed by atoms with Crippen LogP contribution in [-0.2, 0) is 18.2 Å². The standard InChI is InChI=1S/C10H17N5O2/c1-15-7-12-14-9(15)2-4-11-10(16)13-8-3-5-17-6-8/h7-8H,2-6H2,1H3,(H2,11,13,16). The van der Waals surface area contributed by atoms with E-state index in [1.165, 1.54) is 0 Å². The SMILES string of the molecule is Cn1cnnc1CCNC(=O)NC1CCOC1. The fourth-order valence-corrected chi connectivity index (χ4v) is 1.71. The third-order valence-corrected chi connectivity index (χ3v) is 2.70. The Kier molecular flexibility index (Phi) is 3.92. The van der Waals surface area contributed by atoms with E-state index in [4.69, 9.17) is 4.74 Å². The lowest BCUT2D eigenvalue weighted by Gasteiger charge is -2.11. The van der Waals surface area contributed by atoms with Gasteiger partial charge in [0.2, 0.25) is 0 Å². The molecule has 7 nitrogen and oxygen atoms in total. The number of aromatic nitrogens is 3. The van der Waals surface area contributed by atoms with Gasteiger partial charge in [-0.05, 0) is 6.42 Å². The minimum atomic E-state index is -0.150. The fraction of sp³-hybridized carbons (Fsp3) is 0.700. The zero-order chi connectivity index (χ0) is 12.1. The van der Waals surface area contributed by atoms with Gasteiger partial charge in [0.15, 0.2) is 0 Å². The normalized spacial score (nSPS) is 19.2. The third-order valence-electron chi connectivity index (χ3n) is 2.70. The number of hydrogen-bond acceptors (Lipinski definition) is 4. The van der Waals surface area contributed by atoms with E-state index in [0.717, 1.165) is 18.9 Å². The number of carbonyl (C=O) groups is 1. The molecule has 94 valence electrons. The van der Waals surface area contributed by atoms with E-state index < -0.39 is 0 Å². The van der Waals surface area contributed by atoms with Crippen LogP contribution in [0, 0.1) is 0 Å². The Hall–Kier alpha value is -1.63. The van der Waals surface area contributed by atoms with E-state index in [9.17, 15) is 4.79 Å². The lowest BCUT2D eigenvalue weighted by molar-refractivity contribution is 0.188. The second-order valence-corrected chi connectivity index (χ2v) is 4.07. The minimum absolute atomic E-state index is 0.143. The van der Waals surface area contributed by atoms with Gasteiger partial charge >= 0.3 is 6.03 Å². The highest BCUT2D eigenvalue weighted by Crippen LogP contribution is 2.02. The number of ether oxygens (including phenoxy) is 1. The maximum absolute atomic E-state index is 11.5. The van der Waals surface area contributed by atoms with Crippen molar-refractivity contribution < 1.29 is 9.53 Å². The zero-order valence-electron chi connectivity index (χ0n) is 9.85. The van der Waals surface area contributed by atoms with Crippen LogP contribution >= 0.6 is 0 Å². The second kappa shape index (κ2) is 5.62. The molecule has 2 rings (SSSR count). The highest BCUT2D eigenvalue weighted by molar-refractivity contribution is 5.74. The van der Waals surface area contributed by atoms with Crippen LogP contribution < -0.4 is 10.6 Å². The molecular formula is C10H17N5O2. The molecule has 2 amide bonds. The topological polar surface area (TPSA) is 81.1 Å². The molecule has 1 aliphatic heterocycles. The van der Waals surface area contributed by atoms with Gasteiger partial charge in [0, 0.05) is 26.6 Å². The summed E-state index contributed by atoms with van der Waals surface area (Å²) in [6.45, 7) is 1.88. The summed E-state index contributed by atoms with van der Waals surface area (Å²) in [7, 11) is 1.88. The Morgan fingerprint density at radius 2 is 2.59 bits per heavy atom. The number of amides is 2. The molecule has 1 atom stereocenters. The summed E-state index contributed by atoms with van der Waals surface area (Å²) in [4.78, 5) is 11.5. The average Bonchev–Trinajstić information content (AvgIpc) is 2.91. The molecule has 7 heteroatoms. The highest BCUT2D eigenvalue weighted by Gasteiger charge is 2.17. The number of carbonyl (C=O) groups excluding carboxylic acids is 1. The van der Waals surface area contributed by atoms with E-state index in [2.05, 4.69) is 20.8 Å². The Balaban J connectivity index is 1.64. The fourth-order valence-electron chi connectivity index (χ4n) is 1.71. The minimum Gasteiger partial charge on any atom is -0.379 e. The van der Waals surface area contributed by atoms with Gasteiger partial charge in [-0.15, -0.1) is 10.2 Å². The molecule has 17 heavy (non-hydrogen) atoms. The largest absolute Gasteiger partial charge is 0.379 e. The number of nitrogens with one attached hydrogen (secondary N) is 2. The van der Waals surface area contributed by atoms with E-state index >= 15 is 0 Å². The number of rotatable bonds is 4. The second-order valence-electron chi connectivity index (χ2n) is 4.07. The molecule has 1 aromatic rings. The van der Waals surface area contributed by atoms with Crippen molar-refractivity contribution in [2.75, 3.05) is 19.8 Å². The number of aryl methyl sites for hydroxylation is 1. The van der Waals surface area contributed by atoms with Gasteiger partial charge in [-0.2, -0.15) is 0 Å². The van der Waals surface area contributed by atoms with Crippen LogP contribution in [0.2, 0.25) is 0 Å². The number of urea groups is 1. The van der Waals surface area contributed by atoms with Crippen LogP contribution in [0.1, 0.15) is 12.2 Å². The predicted octanol–water partition coefficient (Wildman–Crippen LogP) is -0.554. The monoisotopic (exact) mass is 239 g/mol. The van der Waals surface area contributed by atoms with E-state index in [-0.39, 0.29) is 12.1 Å². The van der Waals surface area contributed by atoms with Crippen molar-refractivity contribution in [3.63, 3.8) is 0 Å². The summed E-state index contributed by atoms with van der Waals surface area (Å²) in [5.74, 6) is 0.856. The van der Waals surface area contributed by atoms with Crippen LogP contribution in [0.15, 0.2) is 6.33 Å². The summed E-state index contributed by atoms with van der Waals surface area (Å²) >= 11 is 0. The highest BCUT2D eigenvalue weighted by atomic mass is 16.5. The molecule has 1 fully saturated rings. The van der Waals surface area contributed by atoms with Crippen molar-refractivity contribution in [2.45, 2.75) is 18.9 Å². The first kappa shape index (κ1) is 11.8. The quantitative estimate of drug-likeness (QED) is 0.738. The van der Waals surface area contributed by atoms with Crippen LogP contribution in [0.25, 0.3) is 0 Å². The van der Waals surface area contributed by atoms with E-state index in [1.54, 1.807) is 6.33 Å². The van der Waals surface area contributed by atoms with Gasteiger partial charge in [0.25, 0.3) is 0 Å². The van der Waals surface area contributed by atoms with Gasteiger partial charge < -0.3 is 19.9 Å². The van der Waals surface area contributed by atoms with E-state index in [0.29, 0.717) is 19.6 Å². The van der Waals surface area contributed by atoms with Crippen molar-refractivity contribution in [1.82, 2.24) is 25.4 Å². The molecule has 0 spiro atoms. The van der Waals surface area contributed by atoms with Crippen LogP contribution in [0.5, 0.6) is 0 Å². The summed E-state index contributed by atoms with van der Waals surface area (Å²) in [5.41, 5.74) is 0. The number of nitrogens with zero attached hydrogens (tertiary/aromatic N) is 3. The Bertz CT molecular complexity index is 373. The molecule has 0 saturated carbocycles. The first-order valence-electron chi connectivity index (χ1n) is 5.70. The van der Waals surface area contributed by atoms with Gasteiger partial charge in [-0.25, -0.2) is 4.79 Å². The molecule has 0 radical (unpaired) electrons. The van der Waals surface area contributed by atoms with Crippen molar-refractivity contribution in [3.8, 4) is 0 Å². The smallest absolute Gasteiger partial charge is 0.315 e. The maximum Gasteiger partial charge on any atom is 0.315 e. The Morgan fingerprint density at radius 1 is 1.71 bits per heavy atom. The summed E-state index contributed by atoms with van der Waals surface area (Å²) in [6, 6.07) is -0.00695. The maximum atomic E-state index is 11.5. The molecule has 1 aromatic heterocycles. The Morgan fingerprint density at radius 3 is 3.24 bits per heavy atom. The molecule has 2 N–H and O–H groups in total. The average molecular weight is 239 g/mol. The van der Waals surface area contributed by atoms with E-state index in [1.807, 2.05) is 11.6 Å². The lowest BCUT2D eigenvalue weighted by Crippen LogP contribution is -2.43. The van der Waals surface area contributed by atoms with Crippen LogP contribution in [0.3, 0.4) is 0 Å². The summed E-state index contributed by atoms with van der Waals surface area (Å²) < 4.78 is 7.01. The predicted molar refractivity (Wildman–Crippen MR) is 60.5 cm³/mol. The lowest BCUT2D eigenvalue weighted by atomic mass is 10.3. The summed E-state index contributed by atoms with van der Waals surface area (Å²) in [6.07, 6.45) is 3.20. The van der Waals surface area contributed by atoms with Gasteiger partial charge in [0.05, 0.1) is 12.6 Å². The van der Waals surface area contributed by atoms with Crippen LogP contribution in [0.4, 0.5) is 4.79 Å². The Labute approximate surface area is 99.5 Å². The third kappa shape index (κ3) is 3.42. The molecular weight excluding hydrogens is 222 g/mol. The zero-order valence-corrected chi connectivity index (χ0v) is 9.85. The molecule has 2 heterocycles. The first-order chi connectivity index (χ1) is 8.25. The van der Waals surface area contributed by atoms with Crippen molar-refractivity contribution >= 4 is 6.03 Å².